The molecule has 0 amide bonds. The van der Waals surface area contributed by atoms with Crippen molar-refractivity contribution >= 4 is 0 Å². The summed E-state index contributed by atoms with van der Waals surface area (Å²) in [5.41, 5.74) is 0. The van der Waals surface area contributed by atoms with Gasteiger partial charge in [-0.15, -0.1) is 0 Å². The van der Waals surface area contributed by atoms with Crippen molar-refractivity contribution in [2.45, 2.75) is 0 Å². The van der Waals surface area contributed by atoms with Crippen molar-refractivity contribution in [2.24, 2.45) is 0 Å². The molecule has 0 valence electrons. The van der Waals surface area contributed by atoms with Gasteiger partial charge in [0.05, 0.1) is 0 Å². The molecule has 0 aliphatic carbocycles. The van der Waals surface area contributed by atoms with Crippen molar-refractivity contribution in [1.82, 2.24) is 0 Å². The minimum atomic E-state index is 0. The van der Waals surface area contributed by atoms with Crippen LogP contribution in [0.4, 0.5) is 0 Å². The molecule has 0 saturated heterocycles. The van der Waals surface area contributed by atoms with Gasteiger partial charge in [0.2, 0.25) is 0 Å². The predicted molar refractivity (Wildman–Crippen MR) is 0 cm³/mol. The van der Waals surface area contributed by atoms with Crippen LogP contribution in [-0.4, -0.2) is 0 Å². The normalized spacial score (nSPS) is 0. The van der Waals surface area contributed by atoms with E-state index in [1.165, 1.54) is 0 Å². The largest absolute Gasteiger partial charge is 1.00 e. The van der Waals surface area contributed by atoms with Gasteiger partial charge < -0.3 is 0 Å². The van der Waals surface area contributed by atoms with E-state index in [1.54, 1.807) is 0 Å². The maximum atomic E-state index is 0. The van der Waals surface area contributed by atoms with Gasteiger partial charge in [0.25, 0.3) is 0 Å². The molecule has 0 heterocycles. The molecule has 0 spiro atoms. The van der Waals surface area contributed by atoms with Crippen LogP contribution in [-0.2, 0) is 0 Å². The van der Waals surface area contributed by atoms with Gasteiger partial charge >= 0.3 is 2060 Å². The third-order valence-corrected chi connectivity index (χ3v) is 0. The molecule has 40 heteroatoms. The molecular formula is K40+40. The first-order chi connectivity index (χ1) is 0. The van der Waals surface area contributed by atoms with Gasteiger partial charge in [-0.05, 0) is 0 Å². The van der Waals surface area contributed by atoms with E-state index in [1.807, 2.05) is 0 Å². The molecule has 0 aromatic rings. The quantitative estimate of drug-likeness (QED) is 0.212. The number of rotatable bonds is 0. The second-order valence-electron chi connectivity index (χ2n) is 0. The Morgan fingerprint density at radius 2 is 0.0250 bits per heavy atom. The maximum Gasteiger partial charge on any atom is 1.00 e. The van der Waals surface area contributed by atoms with Crippen molar-refractivity contribution < 1.29 is 2060 Å². The van der Waals surface area contributed by atoms with E-state index in [0.717, 1.165) is 0 Å². The Kier molecular flexibility index (Phi) is 1750. The van der Waals surface area contributed by atoms with E-state index in [9.17, 15) is 0 Å². The summed E-state index contributed by atoms with van der Waals surface area (Å²) >= 11 is 0. The third kappa shape index (κ3) is 253. The SMILES string of the molecule is [K+].[K+].[K+].[K+].[K+].[K+].[K+].[K+].[K+].[K+].[K+].[K+].[K+].[K+].[K+].[K+].[K+].[K+].[K+].[K+].[K+].[K+].[K+].[K+].[K+].[K+].[K+].[K+].[K+].[K+].[K+].[K+].[K+].[K+].[K+].[K+].[K+].[K+].[K+].[K+]. The zero-order chi connectivity index (χ0) is 0. The fraction of sp³-hybridized carbons (Fsp3) is 0. The smallest absolute Gasteiger partial charge is 1.00 e. The maximum absolute atomic E-state index is 0. The zero-order valence-corrected chi connectivity index (χ0v) is 165. The first-order valence-electron chi connectivity index (χ1n) is 0. The Bertz CT molecular complexity index is 0. The Morgan fingerprint density at radius 3 is 0.0250 bits per heavy atom. The van der Waals surface area contributed by atoms with Crippen LogP contribution in [0.15, 0.2) is 0 Å². The molecular weight excluding hydrogens is 1560 g/mol. The van der Waals surface area contributed by atoms with Crippen molar-refractivity contribution in [1.29, 1.82) is 0 Å². The average Bonchev–Trinajstić information content (AvgIpc) is 0. The molecule has 0 aliphatic rings. The second-order valence-corrected chi connectivity index (χ2v) is 0. The summed E-state index contributed by atoms with van der Waals surface area (Å²) in [6, 6.07) is 0. The van der Waals surface area contributed by atoms with E-state index in [0.29, 0.717) is 0 Å². The van der Waals surface area contributed by atoms with Gasteiger partial charge in [-0.1, -0.05) is 0 Å². The summed E-state index contributed by atoms with van der Waals surface area (Å²) in [7, 11) is 0. The van der Waals surface area contributed by atoms with Crippen LogP contribution >= 0.6 is 0 Å². The predicted octanol–water partition coefficient (Wildman–Crippen LogP) is -120. The van der Waals surface area contributed by atoms with Gasteiger partial charge in [-0.25, -0.2) is 0 Å². The van der Waals surface area contributed by atoms with E-state index in [-0.39, 0.29) is 2060 Å². The van der Waals surface area contributed by atoms with Gasteiger partial charge in [-0.3, -0.25) is 0 Å². The molecule has 0 aromatic carbocycles. The molecule has 0 atom stereocenters. The van der Waals surface area contributed by atoms with Crippen LogP contribution in [0.1, 0.15) is 0 Å². The van der Waals surface area contributed by atoms with Crippen molar-refractivity contribution in [3.63, 3.8) is 0 Å². The Morgan fingerprint density at radius 1 is 0.0250 bits per heavy atom. The molecule has 0 fully saturated rings. The molecule has 0 rings (SSSR count). The summed E-state index contributed by atoms with van der Waals surface area (Å²) in [6.45, 7) is 0. The summed E-state index contributed by atoms with van der Waals surface area (Å²) in [5.74, 6) is 0. The standard InChI is InChI=1S/40K/q40*+1. The molecule has 0 radical (unpaired) electrons. The number of hydrogen-bond acceptors (Lipinski definition) is 0. The molecule has 0 N–H and O–H groups in total. The van der Waals surface area contributed by atoms with Crippen LogP contribution in [0, 0.1) is 0 Å². The molecule has 0 bridgehead atoms. The minimum Gasteiger partial charge on any atom is 1.00 e. The van der Waals surface area contributed by atoms with Crippen LogP contribution in [0.5, 0.6) is 0 Å². The van der Waals surface area contributed by atoms with Gasteiger partial charge in [-0.2, -0.15) is 0 Å². The third-order valence-electron chi connectivity index (χ3n) is 0. The Hall–Kier alpha value is 65.5. The fourth-order valence-corrected chi connectivity index (χ4v) is 0. The summed E-state index contributed by atoms with van der Waals surface area (Å²) in [6.07, 6.45) is 0. The molecule has 0 nitrogen and oxygen atoms in total. The van der Waals surface area contributed by atoms with Gasteiger partial charge in [0.15, 0.2) is 0 Å². The molecule has 0 aromatic heterocycles. The Balaban J connectivity index is 0. The monoisotopic (exact) mass is 1560 g/mol. The minimum absolute atomic E-state index is 0. The van der Waals surface area contributed by atoms with E-state index in [4.69, 9.17) is 0 Å². The van der Waals surface area contributed by atoms with E-state index >= 15 is 0 Å². The summed E-state index contributed by atoms with van der Waals surface area (Å²) in [4.78, 5) is 0. The van der Waals surface area contributed by atoms with Crippen molar-refractivity contribution in [3.05, 3.63) is 0 Å². The van der Waals surface area contributed by atoms with E-state index < -0.39 is 0 Å². The first kappa shape index (κ1) is 269. The van der Waals surface area contributed by atoms with Crippen molar-refractivity contribution in [2.75, 3.05) is 0 Å². The van der Waals surface area contributed by atoms with Crippen LogP contribution in [0.2, 0.25) is 0 Å². The summed E-state index contributed by atoms with van der Waals surface area (Å²) in [5, 5.41) is 0. The second kappa shape index (κ2) is 261. The van der Waals surface area contributed by atoms with E-state index in [2.05, 4.69) is 0 Å². The summed E-state index contributed by atoms with van der Waals surface area (Å²) < 4.78 is 0. The first-order valence-corrected chi connectivity index (χ1v) is 0. The molecule has 0 aliphatic heterocycles. The molecule has 0 unspecified atom stereocenters. The van der Waals surface area contributed by atoms with Gasteiger partial charge in [0, 0.05) is 0 Å². The zero-order valence-electron chi connectivity index (χ0n) is 40.0. The Labute approximate surface area is 1960 Å². The van der Waals surface area contributed by atoms with Crippen molar-refractivity contribution in [3.8, 4) is 0 Å². The molecule has 40 heavy (non-hydrogen) atoms. The van der Waals surface area contributed by atoms with Gasteiger partial charge in [0.1, 0.15) is 0 Å². The number of hydrogen-bond donors (Lipinski definition) is 0. The average molecular weight is 1560 g/mol. The van der Waals surface area contributed by atoms with Crippen LogP contribution < -0.4 is 2060 Å². The van der Waals surface area contributed by atoms with Crippen LogP contribution in [0.3, 0.4) is 0 Å². The molecule has 0 saturated carbocycles. The van der Waals surface area contributed by atoms with Crippen LogP contribution in [0.25, 0.3) is 0 Å². The fourth-order valence-electron chi connectivity index (χ4n) is 0. The topological polar surface area (TPSA) is 0 Å².